The highest BCUT2D eigenvalue weighted by Gasteiger charge is 2.21. The van der Waals surface area contributed by atoms with Gasteiger partial charge in [-0.1, -0.05) is 30.7 Å². The van der Waals surface area contributed by atoms with Crippen LogP contribution < -0.4 is 5.32 Å². The summed E-state index contributed by atoms with van der Waals surface area (Å²) in [5.74, 6) is 1.19. The van der Waals surface area contributed by atoms with E-state index in [-0.39, 0.29) is 11.9 Å². The molecule has 2 aromatic rings. The highest BCUT2D eigenvalue weighted by Crippen LogP contribution is 2.14. The molecule has 1 amide bonds. The predicted molar refractivity (Wildman–Crippen MR) is 94.9 cm³/mol. The molecular weight excluding hydrogens is 324 g/mol. The fraction of sp³-hybridized carbons (Fsp3) is 0.444. The minimum Gasteiger partial charge on any atom is -0.350 e. The van der Waals surface area contributed by atoms with E-state index in [9.17, 15) is 4.79 Å². The number of fused-ring (bicyclic) bond motifs is 1. The normalized spacial score (nSPS) is 16.9. The van der Waals surface area contributed by atoms with Gasteiger partial charge in [0.15, 0.2) is 0 Å². The van der Waals surface area contributed by atoms with Gasteiger partial charge in [0.1, 0.15) is 5.82 Å². The van der Waals surface area contributed by atoms with E-state index < -0.39 is 0 Å². The molecule has 0 radical (unpaired) electrons. The Morgan fingerprint density at radius 1 is 1.42 bits per heavy atom. The van der Waals surface area contributed by atoms with Gasteiger partial charge in [-0.25, -0.2) is 4.98 Å². The van der Waals surface area contributed by atoms with Gasteiger partial charge in [-0.2, -0.15) is 0 Å². The van der Waals surface area contributed by atoms with Gasteiger partial charge in [0.05, 0.1) is 6.54 Å². The molecule has 6 heteroatoms. The SMILES string of the molecule is CCN(CC(=O)NC1CCc2nccn2C1)Cc1ccc(Cl)cc1. The van der Waals surface area contributed by atoms with Crippen LogP contribution >= 0.6 is 11.6 Å². The number of aromatic nitrogens is 2. The Balaban J connectivity index is 1.50. The van der Waals surface area contributed by atoms with Crippen LogP contribution in [0.4, 0.5) is 0 Å². The van der Waals surface area contributed by atoms with Crippen molar-refractivity contribution in [3.63, 3.8) is 0 Å². The van der Waals surface area contributed by atoms with Crippen LogP contribution in [0, 0.1) is 0 Å². The number of benzene rings is 1. The maximum Gasteiger partial charge on any atom is 0.234 e. The van der Waals surface area contributed by atoms with Crippen LogP contribution in [0.25, 0.3) is 0 Å². The Kier molecular flexibility index (Phi) is 5.53. The molecule has 0 bridgehead atoms. The number of imidazole rings is 1. The lowest BCUT2D eigenvalue weighted by Gasteiger charge is -2.26. The maximum atomic E-state index is 12.4. The monoisotopic (exact) mass is 346 g/mol. The minimum atomic E-state index is 0.0828. The second kappa shape index (κ2) is 7.81. The molecule has 1 N–H and O–H groups in total. The second-order valence-corrected chi connectivity index (χ2v) is 6.67. The largest absolute Gasteiger partial charge is 0.350 e. The van der Waals surface area contributed by atoms with Gasteiger partial charge in [0, 0.05) is 43.0 Å². The van der Waals surface area contributed by atoms with Crippen LogP contribution in [0.1, 0.15) is 24.7 Å². The van der Waals surface area contributed by atoms with Crippen LogP contribution in [0.3, 0.4) is 0 Å². The standard InChI is InChI=1S/C18H23ClN4O/c1-2-22(11-14-3-5-15(19)6-4-14)13-18(24)21-16-7-8-17-20-9-10-23(17)12-16/h3-6,9-10,16H,2,7-8,11-13H2,1H3,(H,21,24). The Labute approximate surface area is 147 Å². The van der Waals surface area contributed by atoms with Crippen molar-refractivity contribution >= 4 is 17.5 Å². The summed E-state index contributed by atoms with van der Waals surface area (Å²) in [5.41, 5.74) is 1.16. The smallest absolute Gasteiger partial charge is 0.234 e. The van der Waals surface area contributed by atoms with E-state index in [1.54, 1.807) is 0 Å². The molecule has 0 saturated carbocycles. The third kappa shape index (κ3) is 4.36. The number of hydrogen-bond acceptors (Lipinski definition) is 3. The van der Waals surface area contributed by atoms with Gasteiger partial charge in [0.25, 0.3) is 0 Å². The molecule has 1 aliphatic heterocycles. The lowest BCUT2D eigenvalue weighted by molar-refractivity contribution is -0.123. The van der Waals surface area contributed by atoms with Crippen LogP contribution in [-0.4, -0.2) is 39.5 Å². The van der Waals surface area contributed by atoms with E-state index in [1.165, 1.54) is 0 Å². The number of hydrogen-bond donors (Lipinski definition) is 1. The number of rotatable bonds is 6. The molecule has 24 heavy (non-hydrogen) atoms. The average molecular weight is 347 g/mol. The second-order valence-electron chi connectivity index (χ2n) is 6.23. The third-order valence-electron chi connectivity index (χ3n) is 4.43. The fourth-order valence-corrected chi connectivity index (χ4v) is 3.21. The average Bonchev–Trinajstić information content (AvgIpc) is 3.04. The van der Waals surface area contributed by atoms with E-state index in [2.05, 4.69) is 26.7 Å². The zero-order valence-corrected chi connectivity index (χ0v) is 14.7. The number of nitrogens with one attached hydrogen (secondary N) is 1. The van der Waals surface area contributed by atoms with Crippen molar-refractivity contribution in [3.05, 3.63) is 53.1 Å². The third-order valence-corrected chi connectivity index (χ3v) is 4.69. The van der Waals surface area contributed by atoms with Gasteiger partial charge in [-0.3, -0.25) is 9.69 Å². The van der Waals surface area contributed by atoms with Crippen LogP contribution in [0.5, 0.6) is 0 Å². The van der Waals surface area contributed by atoms with Gasteiger partial charge in [0.2, 0.25) is 5.91 Å². The topological polar surface area (TPSA) is 50.2 Å². The molecule has 2 heterocycles. The van der Waals surface area contributed by atoms with Crippen LogP contribution in [0.15, 0.2) is 36.7 Å². The number of carbonyl (C=O) groups excluding carboxylic acids is 1. The summed E-state index contributed by atoms with van der Waals surface area (Å²) in [6, 6.07) is 7.97. The number of aryl methyl sites for hydroxylation is 1. The van der Waals surface area contributed by atoms with Crippen molar-refractivity contribution in [2.45, 2.75) is 38.9 Å². The van der Waals surface area contributed by atoms with Crippen molar-refractivity contribution in [3.8, 4) is 0 Å². The van der Waals surface area contributed by atoms with Gasteiger partial charge in [-0.15, -0.1) is 0 Å². The molecule has 1 aliphatic rings. The number of halogens is 1. The molecule has 128 valence electrons. The first-order valence-electron chi connectivity index (χ1n) is 8.40. The number of nitrogens with zero attached hydrogens (tertiary/aromatic N) is 3. The van der Waals surface area contributed by atoms with Gasteiger partial charge < -0.3 is 9.88 Å². The lowest BCUT2D eigenvalue weighted by Crippen LogP contribution is -2.45. The molecular formula is C18H23ClN4O. The van der Waals surface area contributed by atoms with Crippen LogP contribution in [-0.2, 0) is 24.3 Å². The number of likely N-dealkylation sites (N-methyl/N-ethyl adjacent to an activating group) is 1. The molecule has 0 saturated heterocycles. The highest BCUT2D eigenvalue weighted by atomic mass is 35.5. The molecule has 0 fully saturated rings. The number of carbonyl (C=O) groups is 1. The van der Waals surface area contributed by atoms with Crippen molar-refractivity contribution in [1.82, 2.24) is 19.8 Å². The van der Waals surface area contributed by atoms with Crippen molar-refractivity contribution in [2.24, 2.45) is 0 Å². The summed E-state index contributed by atoms with van der Waals surface area (Å²) in [7, 11) is 0. The Morgan fingerprint density at radius 2 is 2.21 bits per heavy atom. The molecule has 5 nitrogen and oxygen atoms in total. The molecule has 1 unspecified atom stereocenters. The lowest BCUT2D eigenvalue weighted by atomic mass is 10.1. The van der Waals surface area contributed by atoms with E-state index in [0.717, 1.165) is 48.9 Å². The fourth-order valence-electron chi connectivity index (χ4n) is 3.09. The first-order chi connectivity index (χ1) is 11.6. The molecule has 0 aliphatic carbocycles. The summed E-state index contributed by atoms with van der Waals surface area (Å²) >= 11 is 5.92. The quantitative estimate of drug-likeness (QED) is 0.874. The van der Waals surface area contributed by atoms with Crippen LogP contribution in [0.2, 0.25) is 5.02 Å². The zero-order valence-electron chi connectivity index (χ0n) is 13.9. The Hall–Kier alpha value is -1.85. The number of amides is 1. The summed E-state index contributed by atoms with van der Waals surface area (Å²) in [6.07, 6.45) is 5.67. The first-order valence-corrected chi connectivity index (χ1v) is 8.78. The van der Waals surface area contributed by atoms with E-state index in [4.69, 9.17) is 11.6 Å². The molecule has 1 aromatic carbocycles. The highest BCUT2D eigenvalue weighted by molar-refractivity contribution is 6.30. The summed E-state index contributed by atoms with van der Waals surface area (Å²) in [6.45, 7) is 4.86. The molecule has 3 rings (SSSR count). The van der Waals surface area contributed by atoms with E-state index >= 15 is 0 Å². The summed E-state index contributed by atoms with van der Waals surface area (Å²) < 4.78 is 2.12. The van der Waals surface area contributed by atoms with E-state index in [0.29, 0.717) is 6.54 Å². The van der Waals surface area contributed by atoms with Crippen molar-refractivity contribution < 1.29 is 4.79 Å². The maximum absolute atomic E-state index is 12.4. The van der Waals surface area contributed by atoms with Gasteiger partial charge in [-0.05, 0) is 30.7 Å². The van der Waals surface area contributed by atoms with Gasteiger partial charge >= 0.3 is 0 Å². The first kappa shape index (κ1) is 17.0. The molecule has 1 atom stereocenters. The van der Waals surface area contributed by atoms with Crippen molar-refractivity contribution in [1.29, 1.82) is 0 Å². The Morgan fingerprint density at radius 3 is 2.96 bits per heavy atom. The minimum absolute atomic E-state index is 0.0828. The predicted octanol–water partition coefficient (Wildman–Crippen LogP) is 2.49. The summed E-state index contributed by atoms with van der Waals surface area (Å²) in [5, 5.41) is 3.89. The zero-order chi connectivity index (χ0) is 16.9. The van der Waals surface area contributed by atoms with Crippen molar-refractivity contribution in [2.75, 3.05) is 13.1 Å². The molecule has 1 aromatic heterocycles. The summed E-state index contributed by atoms with van der Waals surface area (Å²) in [4.78, 5) is 18.8. The van der Waals surface area contributed by atoms with E-state index in [1.807, 2.05) is 36.7 Å². The Bertz CT molecular complexity index is 683. The molecule has 0 spiro atoms.